The van der Waals surface area contributed by atoms with Crippen LogP contribution in [0.4, 0.5) is 5.82 Å². The normalized spacial score (nSPS) is 12.5. The Labute approximate surface area is 157 Å². The summed E-state index contributed by atoms with van der Waals surface area (Å²) in [6.45, 7) is 1.96. The standard InChI is InChI=1S/C18H15N9O/c1-10(25-16-14-15(22-8-21-14)23-9-24-16)17-26-12-3-2-5-20-18(12)27(17)11-4-6-19-13(28)7-11/h2-10H,1H3,(H,19,28)(H2,21,22,23,24,25)/t10-/m0/s1. The van der Waals surface area contributed by atoms with Crippen molar-refractivity contribution in [3.8, 4) is 5.69 Å². The van der Waals surface area contributed by atoms with Gasteiger partial charge in [0.05, 0.1) is 18.1 Å². The van der Waals surface area contributed by atoms with Crippen molar-refractivity contribution in [2.24, 2.45) is 0 Å². The first-order chi connectivity index (χ1) is 13.7. The van der Waals surface area contributed by atoms with E-state index in [-0.39, 0.29) is 11.6 Å². The van der Waals surface area contributed by atoms with Gasteiger partial charge in [0.2, 0.25) is 5.56 Å². The second-order valence-electron chi connectivity index (χ2n) is 6.25. The number of nitrogens with zero attached hydrogens (tertiary/aromatic N) is 6. The summed E-state index contributed by atoms with van der Waals surface area (Å²) in [5.41, 5.74) is 3.18. The van der Waals surface area contributed by atoms with Crippen molar-refractivity contribution in [1.82, 2.24) is 39.5 Å². The number of aromatic nitrogens is 8. The third kappa shape index (κ3) is 2.58. The van der Waals surface area contributed by atoms with Crippen LogP contribution in [0.3, 0.4) is 0 Å². The molecule has 3 N–H and O–H groups in total. The third-order valence-corrected chi connectivity index (χ3v) is 4.42. The molecule has 0 fully saturated rings. The molecule has 0 saturated carbocycles. The van der Waals surface area contributed by atoms with Crippen LogP contribution in [0.25, 0.3) is 28.0 Å². The number of aromatic amines is 2. The van der Waals surface area contributed by atoms with Crippen molar-refractivity contribution in [3.63, 3.8) is 0 Å². The van der Waals surface area contributed by atoms with Gasteiger partial charge >= 0.3 is 0 Å². The molecule has 5 heterocycles. The predicted octanol–water partition coefficient (Wildman–Crippen LogP) is 1.95. The third-order valence-electron chi connectivity index (χ3n) is 4.42. The smallest absolute Gasteiger partial charge is 0.250 e. The number of rotatable bonds is 4. The molecule has 0 aliphatic carbocycles. The van der Waals surface area contributed by atoms with E-state index in [1.807, 2.05) is 29.7 Å². The Bertz CT molecular complexity index is 1350. The zero-order chi connectivity index (χ0) is 19.1. The van der Waals surface area contributed by atoms with Crippen molar-refractivity contribution >= 4 is 28.1 Å². The molecule has 0 aliphatic heterocycles. The zero-order valence-corrected chi connectivity index (χ0v) is 14.8. The Hall–Kier alpha value is -4.08. The molecule has 0 spiro atoms. The second kappa shape index (κ2) is 6.27. The maximum atomic E-state index is 11.9. The largest absolute Gasteiger partial charge is 0.358 e. The maximum Gasteiger partial charge on any atom is 0.250 e. The first-order valence-electron chi connectivity index (χ1n) is 8.64. The Morgan fingerprint density at radius 1 is 1.14 bits per heavy atom. The van der Waals surface area contributed by atoms with Gasteiger partial charge in [0.25, 0.3) is 0 Å². The van der Waals surface area contributed by atoms with E-state index < -0.39 is 0 Å². The van der Waals surface area contributed by atoms with Crippen LogP contribution in [0.2, 0.25) is 0 Å². The lowest BCUT2D eigenvalue weighted by Gasteiger charge is -2.16. The number of pyridine rings is 2. The number of fused-ring (bicyclic) bond motifs is 2. The van der Waals surface area contributed by atoms with Crippen molar-refractivity contribution in [3.05, 3.63) is 65.5 Å². The van der Waals surface area contributed by atoms with Crippen LogP contribution in [-0.4, -0.2) is 39.5 Å². The van der Waals surface area contributed by atoms with E-state index >= 15 is 0 Å². The highest BCUT2D eigenvalue weighted by Gasteiger charge is 2.20. The van der Waals surface area contributed by atoms with Gasteiger partial charge < -0.3 is 15.3 Å². The SMILES string of the molecule is C[C@H](Nc1ncnc2[nH]cnc12)c1nc2cccnc2n1-c1cc[nH]c(=O)c1. The minimum absolute atomic E-state index is 0.198. The van der Waals surface area contributed by atoms with E-state index in [1.54, 1.807) is 18.7 Å². The Balaban J connectivity index is 1.65. The quantitative estimate of drug-likeness (QED) is 0.439. The number of H-pyrrole nitrogens is 2. The molecule has 0 amide bonds. The summed E-state index contributed by atoms with van der Waals surface area (Å²) in [5.74, 6) is 1.29. The molecule has 1 atom stereocenters. The van der Waals surface area contributed by atoms with Crippen LogP contribution in [-0.2, 0) is 0 Å². The van der Waals surface area contributed by atoms with E-state index in [2.05, 4.69) is 35.2 Å². The van der Waals surface area contributed by atoms with Gasteiger partial charge in [0.15, 0.2) is 17.1 Å². The number of imidazole rings is 2. The summed E-state index contributed by atoms with van der Waals surface area (Å²) in [5, 5.41) is 3.34. The molecule has 138 valence electrons. The van der Waals surface area contributed by atoms with Crippen molar-refractivity contribution in [2.75, 3.05) is 5.32 Å². The second-order valence-corrected chi connectivity index (χ2v) is 6.25. The Morgan fingerprint density at radius 2 is 2.07 bits per heavy atom. The van der Waals surface area contributed by atoms with Crippen LogP contribution in [0.5, 0.6) is 0 Å². The molecule has 0 aromatic carbocycles. The number of anilines is 1. The average Bonchev–Trinajstić information content (AvgIpc) is 3.33. The van der Waals surface area contributed by atoms with Crippen molar-refractivity contribution in [2.45, 2.75) is 13.0 Å². The van der Waals surface area contributed by atoms with E-state index in [9.17, 15) is 4.79 Å². The molecule has 0 radical (unpaired) electrons. The van der Waals surface area contributed by atoms with Crippen LogP contribution in [0, 0.1) is 0 Å². The van der Waals surface area contributed by atoms with Gasteiger partial charge in [0.1, 0.15) is 23.2 Å². The lowest BCUT2D eigenvalue weighted by atomic mass is 10.3. The van der Waals surface area contributed by atoms with Crippen LogP contribution >= 0.6 is 0 Å². The van der Waals surface area contributed by atoms with E-state index in [4.69, 9.17) is 4.98 Å². The molecule has 0 aliphatic rings. The monoisotopic (exact) mass is 373 g/mol. The highest BCUT2D eigenvalue weighted by atomic mass is 16.1. The van der Waals surface area contributed by atoms with Gasteiger partial charge in [-0.2, -0.15) is 0 Å². The maximum absolute atomic E-state index is 11.9. The van der Waals surface area contributed by atoms with Crippen LogP contribution in [0.15, 0.2) is 54.1 Å². The highest BCUT2D eigenvalue weighted by molar-refractivity contribution is 5.82. The van der Waals surface area contributed by atoms with Crippen LogP contribution < -0.4 is 10.9 Å². The lowest BCUT2D eigenvalue weighted by Crippen LogP contribution is -2.15. The lowest BCUT2D eigenvalue weighted by molar-refractivity contribution is 0.766. The summed E-state index contributed by atoms with van der Waals surface area (Å²) < 4.78 is 1.87. The fraction of sp³-hybridized carbons (Fsp3) is 0.111. The molecular weight excluding hydrogens is 358 g/mol. The van der Waals surface area contributed by atoms with E-state index in [0.717, 1.165) is 5.52 Å². The first kappa shape index (κ1) is 16.1. The predicted molar refractivity (Wildman–Crippen MR) is 103 cm³/mol. The molecule has 10 heteroatoms. The minimum Gasteiger partial charge on any atom is -0.358 e. The fourth-order valence-electron chi connectivity index (χ4n) is 3.19. The summed E-state index contributed by atoms with van der Waals surface area (Å²) in [7, 11) is 0. The fourth-order valence-corrected chi connectivity index (χ4v) is 3.19. The summed E-state index contributed by atoms with van der Waals surface area (Å²) in [6.07, 6.45) is 6.35. The summed E-state index contributed by atoms with van der Waals surface area (Å²) in [4.78, 5) is 39.4. The molecule has 5 aromatic rings. The van der Waals surface area contributed by atoms with Gasteiger partial charge in [-0.15, -0.1) is 0 Å². The van der Waals surface area contributed by atoms with E-state index in [1.165, 1.54) is 12.4 Å². The molecule has 5 rings (SSSR count). The molecule has 10 nitrogen and oxygen atoms in total. The summed E-state index contributed by atoms with van der Waals surface area (Å²) >= 11 is 0. The number of nitrogens with one attached hydrogen (secondary N) is 3. The van der Waals surface area contributed by atoms with E-state index in [0.29, 0.717) is 34.1 Å². The summed E-state index contributed by atoms with van der Waals surface area (Å²) in [6, 6.07) is 6.80. The average molecular weight is 373 g/mol. The van der Waals surface area contributed by atoms with Gasteiger partial charge in [0, 0.05) is 18.5 Å². The topological polar surface area (TPSA) is 130 Å². The molecule has 0 bridgehead atoms. The first-order valence-corrected chi connectivity index (χ1v) is 8.64. The number of hydrogen-bond donors (Lipinski definition) is 3. The van der Waals surface area contributed by atoms with Gasteiger partial charge in [-0.25, -0.2) is 24.9 Å². The molecule has 0 saturated heterocycles. The molecular formula is C18H15N9O. The minimum atomic E-state index is -0.247. The molecule has 28 heavy (non-hydrogen) atoms. The van der Waals surface area contributed by atoms with Crippen molar-refractivity contribution < 1.29 is 0 Å². The van der Waals surface area contributed by atoms with Crippen LogP contribution in [0.1, 0.15) is 18.8 Å². The molecule has 0 unspecified atom stereocenters. The van der Waals surface area contributed by atoms with Gasteiger partial charge in [-0.05, 0) is 25.1 Å². The zero-order valence-electron chi connectivity index (χ0n) is 14.8. The van der Waals surface area contributed by atoms with Crippen molar-refractivity contribution in [1.29, 1.82) is 0 Å². The Morgan fingerprint density at radius 3 is 2.96 bits per heavy atom. The molecule has 5 aromatic heterocycles. The van der Waals surface area contributed by atoms with Gasteiger partial charge in [-0.1, -0.05) is 0 Å². The van der Waals surface area contributed by atoms with Gasteiger partial charge in [-0.3, -0.25) is 9.36 Å². The number of hydrogen-bond acceptors (Lipinski definition) is 7. The highest BCUT2D eigenvalue weighted by Crippen LogP contribution is 2.26. The Kier molecular flexibility index (Phi) is 3.61.